The summed E-state index contributed by atoms with van der Waals surface area (Å²) < 4.78 is 0. The topological polar surface area (TPSA) is 20.2 Å². The van der Waals surface area contributed by atoms with Crippen molar-refractivity contribution in [3.63, 3.8) is 0 Å². The number of benzene rings is 1. The van der Waals surface area contributed by atoms with Gasteiger partial charge in [-0.3, -0.25) is 0 Å². The SMILES string of the molecule is CC(C)=CC[C@@H](O)c1ccccc1. The minimum Gasteiger partial charge on any atom is -0.388 e. The van der Waals surface area contributed by atoms with Crippen LogP contribution in [0.4, 0.5) is 0 Å². The van der Waals surface area contributed by atoms with E-state index in [0.29, 0.717) is 6.42 Å². The van der Waals surface area contributed by atoms with Crippen LogP contribution in [0.2, 0.25) is 0 Å². The van der Waals surface area contributed by atoms with Crippen molar-refractivity contribution in [2.45, 2.75) is 26.4 Å². The van der Waals surface area contributed by atoms with Gasteiger partial charge in [0, 0.05) is 0 Å². The Morgan fingerprint density at radius 3 is 2.46 bits per heavy atom. The van der Waals surface area contributed by atoms with Gasteiger partial charge in [0.05, 0.1) is 6.10 Å². The van der Waals surface area contributed by atoms with Gasteiger partial charge in [0.25, 0.3) is 0 Å². The predicted octanol–water partition coefficient (Wildman–Crippen LogP) is 3.08. The Morgan fingerprint density at radius 1 is 1.31 bits per heavy atom. The molecule has 0 amide bonds. The molecule has 13 heavy (non-hydrogen) atoms. The van der Waals surface area contributed by atoms with Crippen molar-refractivity contribution in [2.24, 2.45) is 0 Å². The smallest absolute Gasteiger partial charge is 0.0824 e. The molecule has 0 bridgehead atoms. The molecule has 1 aromatic carbocycles. The fraction of sp³-hybridized carbons (Fsp3) is 0.333. The van der Waals surface area contributed by atoms with Gasteiger partial charge in [0.2, 0.25) is 0 Å². The normalized spacial score (nSPS) is 12.2. The average molecular weight is 176 g/mol. The molecule has 0 heterocycles. The fourth-order valence-electron chi connectivity index (χ4n) is 1.16. The van der Waals surface area contributed by atoms with E-state index in [1.165, 1.54) is 5.57 Å². The first-order valence-corrected chi connectivity index (χ1v) is 4.56. The maximum absolute atomic E-state index is 9.72. The van der Waals surface area contributed by atoms with E-state index in [9.17, 15) is 5.11 Å². The lowest BCUT2D eigenvalue weighted by atomic mass is 10.1. The highest BCUT2D eigenvalue weighted by Crippen LogP contribution is 2.16. The highest BCUT2D eigenvalue weighted by Gasteiger charge is 2.03. The molecule has 0 aliphatic carbocycles. The Balaban J connectivity index is 2.59. The number of hydrogen-bond acceptors (Lipinski definition) is 1. The van der Waals surface area contributed by atoms with Crippen LogP contribution in [-0.4, -0.2) is 5.11 Å². The van der Waals surface area contributed by atoms with E-state index in [1.54, 1.807) is 0 Å². The van der Waals surface area contributed by atoms with Gasteiger partial charge in [-0.15, -0.1) is 0 Å². The lowest BCUT2D eigenvalue weighted by molar-refractivity contribution is 0.181. The first kappa shape index (κ1) is 10.0. The summed E-state index contributed by atoms with van der Waals surface area (Å²) in [4.78, 5) is 0. The molecule has 0 spiro atoms. The van der Waals surface area contributed by atoms with Crippen molar-refractivity contribution in [1.29, 1.82) is 0 Å². The fourth-order valence-corrected chi connectivity index (χ4v) is 1.16. The molecule has 1 N–H and O–H groups in total. The second-order valence-corrected chi connectivity index (χ2v) is 3.44. The summed E-state index contributed by atoms with van der Waals surface area (Å²) in [5.74, 6) is 0. The van der Waals surface area contributed by atoms with Crippen molar-refractivity contribution in [3.8, 4) is 0 Å². The zero-order valence-electron chi connectivity index (χ0n) is 8.20. The van der Waals surface area contributed by atoms with Gasteiger partial charge in [-0.25, -0.2) is 0 Å². The van der Waals surface area contributed by atoms with Gasteiger partial charge in [-0.2, -0.15) is 0 Å². The van der Waals surface area contributed by atoms with Crippen LogP contribution in [0.3, 0.4) is 0 Å². The Bertz CT molecular complexity index is 270. The monoisotopic (exact) mass is 176 g/mol. The summed E-state index contributed by atoms with van der Waals surface area (Å²) in [5, 5.41) is 9.72. The second-order valence-electron chi connectivity index (χ2n) is 3.44. The van der Waals surface area contributed by atoms with E-state index in [-0.39, 0.29) is 6.10 Å². The van der Waals surface area contributed by atoms with Crippen molar-refractivity contribution in [2.75, 3.05) is 0 Å². The van der Waals surface area contributed by atoms with Crippen LogP contribution >= 0.6 is 0 Å². The third-order valence-electron chi connectivity index (χ3n) is 1.93. The molecule has 0 saturated carbocycles. The van der Waals surface area contributed by atoms with E-state index in [2.05, 4.69) is 6.08 Å². The molecular formula is C12H16O. The van der Waals surface area contributed by atoms with E-state index in [1.807, 2.05) is 44.2 Å². The van der Waals surface area contributed by atoms with Crippen LogP contribution in [0.15, 0.2) is 42.0 Å². The maximum atomic E-state index is 9.72. The lowest BCUT2D eigenvalue weighted by Crippen LogP contribution is -1.94. The van der Waals surface area contributed by atoms with E-state index < -0.39 is 0 Å². The van der Waals surface area contributed by atoms with Gasteiger partial charge < -0.3 is 5.11 Å². The number of rotatable bonds is 3. The van der Waals surface area contributed by atoms with Crippen LogP contribution in [0.5, 0.6) is 0 Å². The summed E-state index contributed by atoms with van der Waals surface area (Å²) in [7, 11) is 0. The highest BCUT2D eigenvalue weighted by atomic mass is 16.3. The molecule has 70 valence electrons. The van der Waals surface area contributed by atoms with E-state index in [0.717, 1.165) is 5.56 Å². The molecule has 1 aromatic rings. The number of aliphatic hydroxyl groups is 1. The van der Waals surface area contributed by atoms with Crippen LogP contribution in [0, 0.1) is 0 Å². The maximum Gasteiger partial charge on any atom is 0.0824 e. The highest BCUT2D eigenvalue weighted by molar-refractivity contribution is 5.18. The average Bonchev–Trinajstić information content (AvgIpc) is 2.15. The summed E-state index contributed by atoms with van der Waals surface area (Å²) in [6, 6.07) is 9.74. The van der Waals surface area contributed by atoms with Gasteiger partial charge in [-0.1, -0.05) is 42.0 Å². The molecular weight excluding hydrogens is 160 g/mol. The van der Waals surface area contributed by atoms with Crippen LogP contribution in [-0.2, 0) is 0 Å². The van der Waals surface area contributed by atoms with Crippen molar-refractivity contribution in [1.82, 2.24) is 0 Å². The summed E-state index contributed by atoms with van der Waals surface area (Å²) in [6.45, 7) is 4.08. The third kappa shape index (κ3) is 3.43. The quantitative estimate of drug-likeness (QED) is 0.702. The molecule has 0 saturated heterocycles. The molecule has 1 heteroatoms. The van der Waals surface area contributed by atoms with Gasteiger partial charge in [0.15, 0.2) is 0 Å². The third-order valence-corrected chi connectivity index (χ3v) is 1.93. The van der Waals surface area contributed by atoms with Crippen LogP contribution in [0.25, 0.3) is 0 Å². The Hall–Kier alpha value is -1.08. The minimum absolute atomic E-state index is 0.365. The Labute approximate surface area is 79.7 Å². The lowest BCUT2D eigenvalue weighted by Gasteiger charge is -2.07. The van der Waals surface area contributed by atoms with Crippen molar-refractivity contribution < 1.29 is 5.11 Å². The van der Waals surface area contributed by atoms with E-state index in [4.69, 9.17) is 0 Å². The zero-order chi connectivity index (χ0) is 9.68. The molecule has 1 atom stereocenters. The molecule has 1 nitrogen and oxygen atoms in total. The summed E-state index contributed by atoms with van der Waals surface area (Å²) in [5.41, 5.74) is 2.23. The zero-order valence-corrected chi connectivity index (χ0v) is 8.20. The Morgan fingerprint density at radius 2 is 1.92 bits per heavy atom. The second kappa shape index (κ2) is 4.83. The first-order chi connectivity index (χ1) is 6.20. The molecule has 1 rings (SSSR count). The standard InChI is InChI=1S/C12H16O/c1-10(2)8-9-12(13)11-6-4-3-5-7-11/h3-8,12-13H,9H2,1-2H3/t12-/m1/s1. The summed E-state index contributed by atoms with van der Waals surface area (Å²) >= 11 is 0. The van der Waals surface area contributed by atoms with Crippen molar-refractivity contribution >= 4 is 0 Å². The first-order valence-electron chi connectivity index (χ1n) is 4.56. The largest absolute Gasteiger partial charge is 0.388 e. The molecule has 0 aliphatic rings. The van der Waals surface area contributed by atoms with Gasteiger partial charge in [-0.05, 0) is 25.8 Å². The number of hydrogen-bond donors (Lipinski definition) is 1. The predicted molar refractivity (Wildman–Crippen MR) is 55.4 cm³/mol. The minimum atomic E-state index is -0.365. The van der Waals surface area contributed by atoms with Gasteiger partial charge >= 0.3 is 0 Å². The van der Waals surface area contributed by atoms with Crippen LogP contribution < -0.4 is 0 Å². The van der Waals surface area contributed by atoms with Crippen LogP contribution in [0.1, 0.15) is 31.9 Å². The molecule has 0 unspecified atom stereocenters. The van der Waals surface area contributed by atoms with E-state index >= 15 is 0 Å². The molecule has 0 radical (unpaired) electrons. The van der Waals surface area contributed by atoms with Crippen molar-refractivity contribution in [3.05, 3.63) is 47.5 Å². The Kier molecular flexibility index (Phi) is 3.71. The number of allylic oxidation sites excluding steroid dienone is 1. The molecule has 0 aromatic heterocycles. The molecule has 0 aliphatic heterocycles. The summed E-state index contributed by atoms with van der Waals surface area (Å²) in [6.07, 6.45) is 2.39. The number of aliphatic hydroxyl groups excluding tert-OH is 1. The van der Waals surface area contributed by atoms with Gasteiger partial charge in [0.1, 0.15) is 0 Å². The molecule has 0 fully saturated rings.